The smallest absolute Gasteiger partial charge is 0.254 e. The van der Waals surface area contributed by atoms with Crippen molar-refractivity contribution in [2.75, 3.05) is 13.1 Å². The van der Waals surface area contributed by atoms with Gasteiger partial charge in [0.2, 0.25) is 0 Å². The van der Waals surface area contributed by atoms with Crippen LogP contribution in [0.2, 0.25) is 0 Å². The van der Waals surface area contributed by atoms with Gasteiger partial charge in [-0.05, 0) is 43.3 Å². The highest BCUT2D eigenvalue weighted by Crippen LogP contribution is 2.39. The molecule has 2 aliphatic rings. The Morgan fingerprint density at radius 2 is 1.90 bits per heavy atom. The summed E-state index contributed by atoms with van der Waals surface area (Å²) in [6, 6.07) is 13.3. The number of pyridine rings is 1. The summed E-state index contributed by atoms with van der Waals surface area (Å²) in [6.45, 7) is 2.78. The third-order valence-corrected chi connectivity index (χ3v) is 6.09. The van der Waals surface area contributed by atoms with E-state index < -0.39 is 11.4 Å². The molecule has 0 bridgehead atoms. The zero-order chi connectivity index (χ0) is 20.9. The van der Waals surface area contributed by atoms with Gasteiger partial charge in [0.1, 0.15) is 17.2 Å². The molecule has 3 heterocycles. The molecule has 3 aromatic rings. The van der Waals surface area contributed by atoms with Crippen molar-refractivity contribution in [3.63, 3.8) is 0 Å². The topological polar surface area (TPSA) is 59.5 Å². The van der Waals surface area contributed by atoms with Gasteiger partial charge < -0.3 is 9.64 Å². The van der Waals surface area contributed by atoms with E-state index in [4.69, 9.17) is 4.74 Å². The molecule has 1 aromatic heterocycles. The van der Waals surface area contributed by atoms with E-state index in [1.165, 1.54) is 12.1 Å². The molecule has 1 fully saturated rings. The molecule has 5 rings (SSSR count). The zero-order valence-electron chi connectivity index (χ0n) is 16.7. The first kappa shape index (κ1) is 18.7. The number of hydrogen-bond donors (Lipinski definition) is 0. The van der Waals surface area contributed by atoms with Crippen LogP contribution in [0.3, 0.4) is 0 Å². The quantitative estimate of drug-likeness (QED) is 0.606. The van der Waals surface area contributed by atoms with Crippen LogP contribution in [0.4, 0.5) is 4.39 Å². The van der Waals surface area contributed by atoms with Crippen LogP contribution in [-0.2, 0) is 0 Å². The Hall–Kier alpha value is -3.28. The van der Waals surface area contributed by atoms with Gasteiger partial charge in [0.05, 0.1) is 23.1 Å². The second kappa shape index (κ2) is 6.90. The molecule has 6 heteroatoms. The number of aryl methyl sites for hydroxylation is 1. The van der Waals surface area contributed by atoms with Crippen LogP contribution in [-0.4, -0.2) is 40.3 Å². The minimum Gasteiger partial charge on any atom is -0.486 e. The van der Waals surface area contributed by atoms with Crippen LogP contribution < -0.4 is 4.74 Å². The lowest BCUT2D eigenvalue weighted by molar-refractivity contribution is -0.00566. The van der Waals surface area contributed by atoms with Gasteiger partial charge in [0.25, 0.3) is 5.91 Å². The molecule has 5 nitrogen and oxygen atoms in total. The maximum absolute atomic E-state index is 13.8. The summed E-state index contributed by atoms with van der Waals surface area (Å²) in [5.74, 6) is 0.170. The van der Waals surface area contributed by atoms with Crippen molar-refractivity contribution < 1.29 is 18.7 Å². The van der Waals surface area contributed by atoms with Crippen LogP contribution in [0.5, 0.6) is 5.75 Å². The van der Waals surface area contributed by atoms with Gasteiger partial charge >= 0.3 is 0 Å². The van der Waals surface area contributed by atoms with Gasteiger partial charge in [0.15, 0.2) is 5.78 Å². The van der Waals surface area contributed by atoms with E-state index in [-0.39, 0.29) is 11.7 Å². The number of rotatable bonds is 1. The van der Waals surface area contributed by atoms with Gasteiger partial charge in [-0.15, -0.1) is 0 Å². The SMILES string of the molecule is Cc1cc(C(=O)N2CCC3(CC2)CC(=O)c2ccccc2O3)c2cc(F)ccc2n1. The van der Waals surface area contributed by atoms with Crippen LogP contribution in [0.15, 0.2) is 48.5 Å². The third-order valence-electron chi connectivity index (χ3n) is 6.09. The lowest BCUT2D eigenvalue weighted by atomic mass is 9.82. The monoisotopic (exact) mass is 404 g/mol. The fraction of sp³-hybridized carbons (Fsp3) is 0.292. The molecule has 0 radical (unpaired) electrons. The van der Waals surface area contributed by atoms with Crippen LogP contribution >= 0.6 is 0 Å². The first-order valence-corrected chi connectivity index (χ1v) is 10.1. The largest absolute Gasteiger partial charge is 0.486 e. The predicted molar refractivity (Wildman–Crippen MR) is 110 cm³/mol. The van der Waals surface area contributed by atoms with Gasteiger partial charge in [-0.1, -0.05) is 12.1 Å². The van der Waals surface area contributed by atoms with E-state index >= 15 is 0 Å². The number of benzene rings is 2. The molecule has 1 saturated heterocycles. The molecular weight excluding hydrogens is 383 g/mol. The van der Waals surface area contributed by atoms with Crippen molar-refractivity contribution in [1.29, 1.82) is 0 Å². The van der Waals surface area contributed by atoms with Crippen molar-refractivity contribution in [3.8, 4) is 5.75 Å². The van der Waals surface area contributed by atoms with Gasteiger partial charge in [0, 0.05) is 37.0 Å². The normalized spacial score (nSPS) is 17.7. The molecule has 2 aromatic carbocycles. The third kappa shape index (κ3) is 3.12. The number of piperidine rings is 1. The number of amides is 1. The first-order valence-electron chi connectivity index (χ1n) is 10.1. The first-order chi connectivity index (χ1) is 14.4. The highest BCUT2D eigenvalue weighted by atomic mass is 19.1. The number of halogens is 1. The Kier molecular flexibility index (Phi) is 4.31. The number of hydrogen-bond acceptors (Lipinski definition) is 4. The Balaban J connectivity index is 1.39. The lowest BCUT2D eigenvalue weighted by Crippen LogP contribution is -2.52. The molecular formula is C24H21FN2O3. The zero-order valence-corrected chi connectivity index (χ0v) is 16.7. The minimum atomic E-state index is -0.565. The minimum absolute atomic E-state index is 0.0860. The Bertz CT molecular complexity index is 1180. The second-order valence-corrected chi connectivity index (χ2v) is 8.15. The van der Waals surface area contributed by atoms with E-state index in [1.807, 2.05) is 25.1 Å². The fourth-order valence-corrected chi connectivity index (χ4v) is 4.52. The number of carbonyl (C=O) groups is 2. The summed E-state index contributed by atoms with van der Waals surface area (Å²) in [5.41, 5.74) is 1.83. The highest BCUT2D eigenvalue weighted by Gasteiger charge is 2.43. The summed E-state index contributed by atoms with van der Waals surface area (Å²) in [4.78, 5) is 32.1. The van der Waals surface area contributed by atoms with E-state index in [0.717, 1.165) is 0 Å². The molecule has 0 N–H and O–H groups in total. The number of Topliss-reactive ketones (excluding diaryl/α,β-unsaturated/α-hetero) is 1. The molecule has 152 valence electrons. The predicted octanol–water partition coefficient (Wildman–Crippen LogP) is 4.32. The highest BCUT2D eigenvalue weighted by molar-refractivity contribution is 6.06. The number of ether oxygens (including phenoxy) is 1. The van der Waals surface area contributed by atoms with E-state index in [0.29, 0.717) is 65.8 Å². The number of para-hydroxylation sites is 1. The molecule has 2 aliphatic heterocycles. The Morgan fingerprint density at radius 3 is 2.70 bits per heavy atom. The summed E-state index contributed by atoms with van der Waals surface area (Å²) in [7, 11) is 0. The Labute approximate surface area is 173 Å². The second-order valence-electron chi connectivity index (χ2n) is 8.15. The number of fused-ring (bicyclic) bond motifs is 2. The van der Waals surface area contributed by atoms with Gasteiger partial charge in [-0.2, -0.15) is 0 Å². The number of likely N-dealkylation sites (tertiary alicyclic amines) is 1. The molecule has 0 atom stereocenters. The number of aromatic nitrogens is 1. The average molecular weight is 404 g/mol. The summed E-state index contributed by atoms with van der Waals surface area (Å²) >= 11 is 0. The Morgan fingerprint density at radius 1 is 1.13 bits per heavy atom. The van der Waals surface area contributed by atoms with Crippen molar-refractivity contribution in [2.24, 2.45) is 0 Å². The number of carbonyl (C=O) groups excluding carboxylic acids is 2. The molecule has 0 saturated carbocycles. The van der Waals surface area contributed by atoms with Crippen molar-refractivity contribution >= 4 is 22.6 Å². The summed E-state index contributed by atoms with van der Waals surface area (Å²) in [6.07, 6.45) is 1.49. The fourth-order valence-electron chi connectivity index (χ4n) is 4.52. The maximum atomic E-state index is 13.8. The molecule has 1 amide bonds. The molecule has 1 spiro atoms. The van der Waals surface area contributed by atoms with Crippen LogP contribution in [0.25, 0.3) is 10.9 Å². The van der Waals surface area contributed by atoms with Crippen molar-refractivity contribution in [2.45, 2.75) is 31.8 Å². The molecule has 30 heavy (non-hydrogen) atoms. The number of ketones is 1. The molecule has 0 unspecified atom stereocenters. The standard InChI is InChI=1S/C24H21FN2O3/c1-15-12-19(18-13-16(25)6-7-20(18)26-15)23(29)27-10-8-24(9-11-27)14-21(28)17-4-2-3-5-22(17)30-24/h2-7,12-13H,8-11,14H2,1H3. The van der Waals surface area contributed by atoms with Crippen molar-refractivity contribution in [1.82, 2.24) is 9.88 Å². The van der Waals surface area contributed by atoms with E-state index in [9.17, 15) is 14.0 Å². The van der Waals surface area contributed by atoms with E-state index in [2.05, 4.69) is 4.98 Å². The number of nitrogens with zero attached hydrogens (tertiary/aromatic N) is 2. The van der Waals surface area contributed by atoms with Gasteiger partial charge in [-0.3, -0.25) is 14.6 Å². The lowest BCUT2D eigenvalue weighted by Gasteiger charge is -2.44. The van der Waals surface area contributed by atoms with E-state index in [1.54, 1.807) is 23.1 Å². The van der Waals surface area contributed by atoms with Crippen molar-refractivity contribution in [3.05, 3.63) is 71.2 Å². The maximum Gasteiger partial charge on any atom is 0.254 e. The molecule has 0 aliphatic carbocycles. The average Bonchev–Trinajstić information content (AvgIpc) is 2.73. The summed E-state index contributed by atoms with van der Waals surface area (Å²) < 4.78 is 20.1. The van der Waals surface area contributed by atoms with Gasteiger partial charge in [-0.25, -0.2) is 4.39 Å². The van der Waals surface area contributed by atoms with Crippen LogP contribution in [0.1, 0.15) is 45.7 Å². The summed E-state index contributed by atoms with van der Waals surface area (Å²) in [5, 5.41) is 0.518. The van der Waals surface area contributed by atoms with Crippen LogP contribution in [0, 0.1) is 12.7 Å².